The van der Waals surface area contributed by atoms with Crippen molar-refractivity contribution in [2.45, 2.75) is 26.8 Å². The van der Waals surface area contributed by atoms with E-state index in [9.17, 15) is 0 Å². The third kappa shape index (κ3) is 1.29. The van der Waals surface area contributed by atoms with Crippen LogP contribution < -0.4 is 5.73 Å². The number of nitrogens with zero attached hydrogens (tertiary/aromatic N) is 1. The van der Waals surface area contributed by atoms with Gasteiger partial charge in [0.05, 0.1) is 11.0 Å². The molecule has 13 heavy (non-hydrogen) atoms. The molecule has 74 valence electrons. The van der Waals surface area contributed by atoms with Crippen LogP contribution in [0.1, 0.15) is 20.8 Å². The smallest absolute Gasteiger partial charge is 0.0899 e. The van der Waals surface area contributed by atoms with Crippen LogP contribution in [0.5, 0.6) is 0 Å². The van der Waals surface area contributed by atoms with E-state index in [0.29, 0.717) is 16.4 Å². The summed E-state index contributed by atoms with van der Waals surface area (Å²) in [6.07, 6.45) is 0. The first-order valence-corrected chi connectivity index (χ1v) is 5.38. The molecule has 2 N–H and O–H groups in total. The summed E-state index contributed by atoms with van der Waals surface area (Å²) in [5.74, 6) is 1.79. The molecular weight excluding hydrogens is 180 g/mol. The Morgan fingerprint density at radius 1 is 1.46 bits per heavy atom. The molecular formula is C10H18N2S. The average Bonchev–Trinajstić information content (AvgIpc) is 2.53. The van der Waals surface area contributed by atoms with Gasteiger partial charge in [-0.15, -0.1) is 0 Å². The molecule has 2 nitrogen and oxygen atoms in total. The molecule has 1 heterocycles. The average molecular weight is 198 g/mol. The number of fused-ring (bicyclic) bond motifs is 1. The normalized spacial score (nSPS) is 38.4. The van der Waals surface area contributed by atoms with Gasteiger partial charge in [-0.2, -0.15) is 0 Å². The monoisotopic (exact) mass is 198 g/mol. The van der Waals surface area contributed by atoms with Gasteiger partial charge in [0.1, 0.15) is 0 Å². The minimum Gasteiger partial charge on any atom is -0.392 e. The number of rotatable bonds is 2. The highest BCUT2D eigenvalue weighted by molar-refractivity contribution is 7.80. The molecule has 1 saturated heterocycles. The first kappa shape index (κ1) is 9.41. The van der Waals surface area contributed by atoms with Crippen molar-refractivity contribution in [3.8, 4) is 0 Å². The lowest BCUT2D eigenvalue weighted by Crippen LogP contribution is -2.42. The molecule has 0 amide bonds. The molecule has 3 unspecified atom stereocenters. The van der Waals surface area contributed by atoms with E-state index in [-0.39, 0.29) is 0 Å². The minimum absolute atomic E-state index is 0.290. The molecule has 0 aromatic carbocycles. The SMILES string of the molecule is CC(C(N)=S)N1CC2C(C1)C2(C)C. The quantitative estimate of drug-likeness (QED) is 0.677. The summed E-state index contributed by atoms with van der Waals surface area (Å²) in [7, 11) is 0. The summed E-state index contributed by atoms with van der Waals surface area (Å²) in [5, 5.41) is 0. The fourth-order valence-electron chi connectivity index (χ4n) is 2.66. The molecule has 1 aliphatic carbocycles. The van der Waals surface area contributed by atoms with Gasteiger partial charge in [0.25, 0.3) is 0 Å². The molecule has 0 bridgehead atoms. The fourth-order valence-corrected chi connectivity index (χ4v) is 2.81. The van der Waals surface area contributed by atoms with Gasteiger partial charge in [-0.3, -0.25) is 4.90 Å². The van der Waals surface area contributed by atoms with E-state index in [1.165, 1.54) is 13.1 Å². The number of hydrogen-bond donors (Lipinski definition) is 1. The Morgan fingerprint density at radius 2 is 1.92 bits per heavy atom. The van der Waals surface area contributed by atoms with Crippen LogP contribution >= 0.6 is 12.2 Å². The standard InChI is InChI=1S/C10H18N2S/c1-6(9(11)13)12-4-7-8(5-12)10(7,2)3/h6-8H,4-5H2,1-3H3,(H2,11,13). The van der Waals surface area contributed by atoms with Gasteiger partial charge in [0.15, 0.2) is 0 Å². The lowest BCUT2D eigenvalue weighted by atomic mass is 10.1. The topological polar surface area (TPSA) is 29.3 Å². The lowest BCUT2D eigenvalue weighted by Gasteiger charge is -2.27. The van der Waals surface area contributed by atoms with Crippen LogP contribution in [0.2, 0.25) is 0 Å². The fraction of sp³-hybridized carbons (Fsp3) is 0.900. The van der Waals surface area contributed by atoms with E-state index in [4.69, 9.17) is 18.0 Å². The number of nitrogens with two attached hydrogens (primary N) is 1. The second-order valence-corrected chi connectivity index (χ2v) is 5.54. The maximum Gasteiger partial charge on any atom is 0.0899 e. The van der Waals surface area contributed by atoms with E-state index < -0.39 is 0 Å². The van der Waals surface area contributed by atoms with E-state index in [2.05, 4.69) is 25.7 Å². The van der Waals surface area contributed by atoms with Gasteiger partial charge in [0.2, 0.25) is 0 Å². The summed E-state index contributed by atoms with van der Waals surface area (Å²) >= 11 is 5.00. The second-order valence-electron chi connectivity index (χ2n) is 5.07. The first-order valence-electron chi connectivity index (χ1n) is 4.98. The molecule has 2 rings (SSSR count). The van der Waals surface area contributed by atoms with Gasteiger partial charge in [-0.25, -0.2) is 0 Å². The number of hydrogen-bond acceptors (Lipinski definition) is 2. The van der Waals surface area contributed by atoms with Crippen LogP contribution in [0.3, 0.4) is 0 Å². The maximum atomic E-state index is 5.63. The molecule has 3 heteroatoms. The molecule has 3 atom stereocenters. The highest BCUT2D eigenvalue weighted by atomic mass is 32.1. The molecule has 2 fully saturated rings. The predicted octanol–water partition coefficient (Wildman–Crippen LogP) is 1.25. The summed E-state index contributed by atoms with van der Waals surface area (Å²) in [6, 6.07) is 0.290. The molecule has 0 aromatic heterocycles. The van der Waals surface area contributed by atoms with E-state index in [1.54, 1.807) is 0 Å². The third-order valence-corrected chi connectivity index (χ3v) is 4.45. The van der Waals surface area contributed by atoms with Crippen LogP contribution in [0, 0.1) is 17.3 Å². The van der Waals surface area contributed by atoms with E-state index >= 15 is 0 Å². The molecule has 0 aromatic rings. The van der Waals surface area contributed by atoms with Crippen LogP contribution in [-0.4, -0.2) is 29.0 Å². The zero-order chi connectivity index (χ0) is 9.80. The van der Waals surface area contributed by atoms with Crippen molar-refractivity contribution < 1.29 is 0 Å². The molecule has 1 saturated carbocycles. The summed E-state index contributed by atoms with van der Waals surface area (Å²) in [4.78, 5) is 3.06. The lowest BCUT2D eigenvalue weighted by molar-refractivity contribution is 0.242. The predicted molar refractivity (Wildman–Crippen MR) is 58.6 cm³/mol. The molecule has 0 radical (unpaired) electrons. The summed E-state index contributed by atoms with van der Waals surface area (Å²) < 4.78 is 0. The van der Waals surface area contributed by atoms with E-state index in [1.807, 2.05) is 0 Å². The van der Waals surface area contributed by atoms with Gasteiger partial charge in [0, 0.05) is 13.1 Å². The zero-order valence-electron chi connectivity index (χ0n) is 8.58. The van der Waals surface area contributed by atoms with Gasteiger partial charge in [-0.1, -0.05) is 26.1 Å². The van der Waals surface area contributed by atoms with Crippen LogP contribution in [0.4, 0.5) is 0 Å². The Hall–Kier alpha value is -0.150. The Bertz CT molecular complexity index is 235. The second kappa shape index (κ2) is 2.67. The third-order valence-electron chi connectivity index (χ3n) is 4.11. The minimum atomic E-state index is 0.290. The Labute approximate surface area is 85.5 Å². The van der Waals surface area contributed by atoms with Crippen molar-refractivity contribution in [1.82, 2.24) is 4.90 Å². The van der Waals surface area contributed by atoms with Gasteiger partial charge in [-0.05, 0) is 24.2 Å². The zero-order valence-corrected chi connectivity index (χ0v) is 9.40. The van der Waals surface area contributed by atoms with Crippen molar-refractivity contribution in [2.24, 2.45) is 23.0 Å². The number of piperidine rings is 1. The largest absolute Gasteiger partial charge is 0.392 e. The van der Waals surface area contributed by atoms with Crippen molar-refractivity contribution >= 4 is 17.2 Å². The van der Waals surface area contributed by atoms with Crippen molar-refractivity contribution in [3.05, 3.63) is 0 Å². The van der Waals surface area contributed by atoms with Gasteiger partial charge >= 0.3 is 0 Å². The maximum absolute atomic E-state index is 5.63. The Balaban J connectivity index is 1.94. The van der Waals surface area contributed by atoms with Crippen molar-refractivity contribution in [3.63, 3.8) is 0 Å². The first-order chi connectivity index (χ1) is 5.94. The van der Waals surface area contributed by atoms with Crippen molar-refractivity contribution in [2.75, 3.05) is 13.1 Å². The summed E-state index contributed by atoms with van der Waals surface area (Å²) in [5.41, 5.74) is 6.22. The number of thiocarbonyl (C=S) groups is 1. The molecule has 2 aliphatic rings. The van der Waals surface area contributed by atoms with Gasteiger partial charge < -0.3 is 5.73 Å². The highest BCUT2D eigenvalue weighted by Crippen LogP contribution is 2.62. The molecule has 0 spiro atoms. The van der Waals surface area contributed by atoms with Crippen LogP contribution in [-0.2, 0) is 0 Å². The Kier molecular flexibility index (Phi) is 1.93. The van der Waals surface area contributed by atoms with Crippen LogP contribution in [0.25, 0.3) is 0 Å². The Morgan fingerprint density at radius 3 is 2.31 bits per heavy atom. The van der Waals surface area contributed by atoms with Crippen LogP contribution in [0.15, 0.2) is 0 Å². The van der Waals surface area contributed by atoms with E-state index in [0.717, 1.165) is 11.8 Å². The summed E-state index contributed by atoms with van der Waals surface area (Å²) in [6.45, 7) is 9.22. The molecule has 1 aliphatic heterocycles. The van der Waals surface area contributed by atoms with Crippen molar-refractivity contribution in [1.29, 1.82) is 0 Å². The number of likely N-dealkylation sites (tertiary alicyclic amines) is 1. The highest BCUT2D eigenvalue weighted by Gasteiger charge is 2.62.